The van der Waals surface area contributed by atoms with E-state index >= 15 is 0 Å². The molecule has 0 radical (unpaired) electrons. The molecule has 0 bridgehead atoms. The summed E-state index contributed by atoms with van der Waals surface area (Å²) in [6.07, 6.45) is 6.47. The fourth-order valence-electron chi connectivity index (χ4n) is 1.76. The highest BCUT2D eigenvalue weighted by Crippen LogP contribution is 2.27. The van der Waals surface area contributed by atoms with E-state index in [-0.39, 0.29) is 6.04 Å². The summed E-state index contributed by atoms with van der Waals surface area (Å²) in [5.74, 6) is 2.69. The molecular formula is C14H19BrN2. The molecule has 0 unspecified atom stereocenters. The molecule has 92 valence electrons. The third-order valence-electron chi connectivity index (χ3n) is 2.62. The van der Waals surface area contributed by atoms with Crippen LogP contribution >= 0.6 is 15.9 Å². The maximum Gasteiger partial charge on any atom is 0.0791 e. The first-order valence-electron chi connectivity index (χ1n) is 5.83. The number of rotatable bonds is 5. The largest absolute Gasteiger partial charge is 0.360 e. The molecule has 2 nitrogen and oxygen atoms in total. The van der Waals surface area contributed by atoms with E-state index < -0.39 is 0 Å². The second kappa shape index (κ2) is 6.68. The molecule has 0 saturated heterocycles. The lowest BCUT2D eigenvalue weighted by Crippen LogP contribution is -2.24. The minimum Gasteiger partial charge on any atom is -0.360 e. The molecule has 1 aromatic rings. The van der Waals surface area contributed by atoms with Crippen LogP contribution in [0.15, 0.2) is 22.7 Å². The Morgan fingerprint density at radius 1 is 1.53 bits per heavy atom. The molecule has 0 aliphatic heterocycles. The number of anilines is 1. The Bertz CT molecular complexity index is 407. The highest BCUT2D eigenvalue weighted by molar-refractivity contribution is 9.10. The van der Waals surface area contributed by atoms with Gasteiger partial charge >= 0.3 is 0 Å². The first-order chi connectivity index (χ1) is 8.10. The molecule has 0 aliphatic rings. The smallest absolute Gasteiger partial charge is 0.0791 e. The zero-order valence-electron chi connectivity index (χ0n) is 10.4. The van der Waals surface area contributed by atoms with Gasteiger partial charge in [0.15, 0.2) is 0 Å². The van der Waals surface area contributed by atoms with Crippen LogP contribution in [-0.2, 0) is 0 Å². The van der Waals surface area contributed by atoms with Gasteiger partial charge in [0.1, 0.15) is 0 Å². The van der Waals surface area contributed by atoms with Crippen molar-refractivity contribution in [3.63, 3.8) is 0 Å². The van der Waals surface area contributed by atoms with Crippen LogP contribution < -0.4 is 10.6 Å². The minimum absolute atomic E-state index is 0.0330. The van der Waals surface area contributed by atoms with Gasteiger partial charge in [0, 0.05) is 22.7 Å². The van der Waals surface area contributed by atoms with Crippen LogP contribution in [0.1, 0.15) is 31.9 Å². The third-order valence-corrected chi connectivity index (χ3v) is 3.30. The molecule has 17 heavy (non-hydrogen) atoms. The maximum absolute atomic E-state index is 5.88. The molecule has 0 amide bonds. The van der Waals surface area contributed by atoms with Crippen LogP contribution in [0, 0.1) is 12.3 Å². The highest BCUT2D eigenvalue weighted by atomic mass is 79.9. The van der Waals surface area contributed by atoms with Gasteiger partial charge in [0.05, 0.1) is 6.54 Å². The Balaban J connectivity index is 2.98. The van der Waals surface area contributed by atoms with Crippen molar-refractivity contribution in [3.8, 4) is 12.3 Å². The number of halogens is 1. The summed E-state index contributed by atoms with van der Waals surface area (Å²) >= 11 is 3.56. The first kappa shape index (κ1) is 14.1. The van der Waals surface area contributed by atoms with Crippen molar-refractivity contribution < 1.29 is 0 Å². The lowest BCUT2D eigenvalue weighted by Gasteiger charge is -2.23. The first-order valence-corrected chi connectivity index (χ1v) is 6.62. The summed E-state index contributed by atoms with van der Waals surface area (Å²) < 4.78 is 1.04. The summed E-state index contributed by atoms with van der Waals surface area (Å²) in [4.78, 5) is 2.19. The Kier molecular flexibility index (Phi) is 5.54. The molecule has 1 atom stereocenters. The summed E-state index contributed by atoms with van der Waals surface area (Å²) in [6.45, 7) is 5.73. The van der Waals surface area contributed by atoms with Gasteiger partial charge < -0.3 is 10.6 Å². The van der Waals surface area contributed by atoms with E-state index in [0.717, 1.165) is 28.7 Å². The molecule has 0 heterocycles. The minimum atomic E-state index is 0.0330. The Morgan fingerprint density at radius 3 is 2.71 bits per heavy atom. The quantitative estimate of drug-likeness (QED) is 0.844. The van der Waals surface area contributed by atoms with Crippen LogP contribution in [0.3, 0.4) is 0 Å². The molecule has 2 N–H and O–H groups in total. The standard InChI is InChI=1S/C14H19BrN2/c1-4-8-17(9-5-2)12-6-7-13(11(3)16)14(15)10-12/h1,6-7,10-11H,5,8-9,16H2,2-3H3/t11-/m1/s1. The lowest BCUT2D eigenvalue weighted by molar-refractivity contribution is 0.804. The van der Waals surface area contributed by atoms with Gasteiger partial charge in [-0.25, -0.2) is 0 Å². The number of terminal acetylenes is 1. The topological polar surface area (TPSA) is 29.3 Å². The van der Waals surface area contributed by atoms with E-state index in [2.05, 4.69) is 51.9 Å². The van der Waals surface area contributed by atoms with E-state index in [1.165, 1.54) is 0 Å². The Hall–Kier alpha value is -0.980. The van der Waals surface area contributed by atoms with Crippen molar-refractivity contribution in [2.75, 3.05) is 18.0 Å². The van der Waals surface area contributed by atoms with E-state index in [9.17, 15) is 0 Å². The molecule has 0 aromatic heterocycles. The van der Waals surface area contributed by atoms with Crippen LogP contribution in [-0.4, -0.2) is 13.1 Å². The molecule has 0 spiro atoms. The Labute approximate surface area is 112 Å². The normalized spacial score (nSPS) is 11.9. The van der Waals surface area contributed by atoms with Gasteiger partial charge in [-0.15, -0.1) is 6.42 Å². The summed E-state index contributed by atoms with van der Waals surface area (Å²) in [5, 5.41) is 0. The number of benzene rings is 1. The average Bonchev–Trinajstić information content (AvgIpc) is 2.28. The van der Waals surface area contributed by atoms with Crippen LogP contribution in [0.2, 0.25) is 0 Å². The van der Waals surface area contributed by atoms with E-state index in [0.29, 0.717) is 6.54 Å². The van der Waals surface area contributed by atoms with Crippen molar-refractivity contribution in [2.45, 2.75) is 26.3 Å². The fraction of sp³-hybridized carbons (Fsp3) is 0.429. The zero-order valence-corrected chi connectivity index (χ0v) is 12.0. The van der Waals surface area contributed by atoms with Crippen LogP contribution in [0.4, 0.5) is 5.69 Å². The van der Waals surface area contributed by atoms with Crippen LogP contribution in [0.25, 0.3) is 0 Å². The molecule has 1 rings (SSSR count). The summed E-state index contributed by atoms with van der Waals surface area (Å²) in [5.41, 5.74) is 8.14. The summed E-state index contributed by atoms with van der Waals surface area (Å²) in [6, 6.07) is 6.26. The predicted molar refractivity (Wildman–Crippen MR) is 78.1 cm³/mol. The maximum atomic E-state index is 5.88. The number of nitrogens with two attached hydrogens (primary N) is 1. The zero-order chi connectivity index (χ0) is 12.8. The molecule has 0 fully saturated rings. The van der Waals surface area contributed by atoms with Gasteiger partial charge in [0.25, 0.3) is 0 Å². The molecular weight excluding hydrogens is 276 g/mol. The van der Waals surface area contributed by atoms with Gasteiger partial charge in [-0.2, -0.15) is 0 Å². The summed E-state index contributed by atoms with van der Waals surface area (Å²) in [7, 11) is 0. The molecule has 0 saturated carbocycles. The van der Waals surface area contributed by atoms with Gasteiger partial charge in [0.2, 0.25) is 0 Å². The third kappa shape index (κ3) is 3.76. The monoisotopic (exact) mass is 294 g/mol. The molecule has 1 aromatic carbocycles. The van der Waals surface area contributed by atoms with Crippen molar-refractivity contribution in [1.82, 2.24) is 0 Å². The average molecular weight is 295 g/mol. The van der Waals surface area contributed by atoms with E-state index in [1.54, 1.807) is 0 Å². The van der Waals surface area contributed by atoms with Crippen molar-refractivity contribution in [1.29, 1.82) is 0 Å². The van der Waals surface area contributed by atoms with Gasteiger partial charge in [-0.1, -0.05) is 34.8 Å². The van der Waals surface area contributed by atoms with Crippen molar-refractivity contribution >= 4 is 21.6 Å². The molecule has 0 aliphatic carbocycles. The molecule has 3 heteroatoms. The predicted octanol–water partition coefficient (Wildman–Crippen LogP) is 3.32. The van der Waals surface area contributed by atoms with Gasteiger partial charge in [-0.3, -0.25) is 0 Å². The van der Waals surface area contributed by atoms with Crippen molar-refractivity contribution in [2.24, 2.45) is 5.73 Å². The second-order valence-corrected chi connectivity index (χ2v) is 4.97. The SMILES string of the molecule is C#CCN(CCC)c1ccc([C@@H](C)N)c(Br)c1. The van der Waals surface area contributed by atoms with Crippen LogP contribution in [0.5, 0.6) is 0 Å². The van der Waals surface area contributed by atoms with Gasteiger partial charge in [-0.05, 0) is 31.0 Å². The highest BCUT2D eigenvalue weighted by Gasteiger charge is 2.09. The number of hydrogen-bond donors (Lipinski definition) is 1. The van der Waals surface area contributed by atoms with Crippen molar-refractivity contribution in [3.05, 3.63) is 28.2 Å². The number of hydrogen-bond acceptors (Lipinski definition) is 2. The second-order valence-electron chi connectivity index (χ2n) is 4.12. The van der Waals surface area contributed by atoms with E-state index in [1.807, 2.05) is 6.92 Å². The van der Waals surface area contributed by atoms with E-state index in [4.69, 9.17) is 12.2 Å². The fourth-order valence-corrected chi connectivity index (χ4v) is 2.49. The lowest BCUT2D eigenvalue weighted by atomic mass is 10.1. The number of nitrogens with zero attached hydrogens (tertiary/aromatic N) is 1. The Morgan fingerprint density at radius 2 is 2.24 bits per heavy atom.